The number of esters is 1. The Labute approximate surface area is 237 Å². The van der Waals surface area contributed by atoms with Gasteiger partial charge in [0.05, 0.1) is 18.6 Å². The lowest BCUT2D eigenvalue weighted by atomic mass is 9.88. The summed E-state index contributed by atoms with van der Waals surface area (Å²) in [4.78, 5) is 24.3. The Bertz CT molecular complexity index is 1460. The van der Waals surface area contributed by atoms with Crippen LogP contribution in [0.3, 0.4) is 0 Å². The van der Waals surface area contributed by atoms with Crippen molar-refractivity contribution in [2.75, 3.05) is 13.2 Å². The molecule has 0 aliphatic carbocycles. The zero-order valence-electron chi connectivity index (χ0n) is 23.0. The third kappa shape index (κ3) is 9.56. The molecule has 3 rings (SSSR count). The van der Waals surface area contributed by atoms with E-state index in [0.717, 1.165) is 25.3 Å². The highest BCUT2D eigenvalue weighted by Crippen LogP contribution is 2.37. The molecule has 1 unspecified atom stereocenters. The van der Waals surface area contributed by atoms with Crippen molar-refractivity contribution in [3.63, 3.8) is 0 Å². The number of rotatable bonds is 13. The van der Waals surface area contributed by atoms with Gasteiger partial charge in [-0.15, -0.1) is 13.2 Å². The van der Waals surface area contributed by atoms with Crippen LogP contribution in [0.15, 0.2) is 64.3 Å². The molecule has 228 valence electrons. The predicted octanol–water partition coefficient (Wildman–Crippen LogP) is 8.16. The normalized spacial score (nSPS) is 13.4. The Morgan fingerprint density at radius 1 is 0.976 bits per heavy atom. The zero-order chi connectivity index (χ0) is 31.1. The van der Waals surface area contributed by atoms with Gasteiger partial charge in [0, 0.05) is 28.5 Å². The molecule has 0 aliphatic rings. The fourth-order valence-corrected chi connectivity index (χ4v) is 4.29. The van der Waals surface area contributed by atoms with Crippen molar-refractivity contribution < 1.29 is 49.8 Å². The second-order valence-corrected chi connectivity index (χ2v) is 10.2. The first-order chi connectivity index (χ1) is 19.6. The van der Waals surface area contributed by atoms with Gasteiger partial charge in [-0.25, -0.2) is 9.59 Å². The van der Waals surface area contributed by atoms with Crippen molar-refractivity contribution in [3.8, 4) is 22.6 Å². The minimum absolute atomic E-state index is 0.00802. The SMILES string of the molecule is C=CC(=O)OCC(C)(COc1ccc2cc(-c3ccc(CCCCC)cc3OC(F)(F)F)c(=O)oc2c1)CC(F)(F)F. The van der Waals surface area contributed by atoms with E-state index < -0.39 is 54.9 Å². The maximum atomic E-state index is 13.2. The number of unbranched alkanes of at least 4 members (excludes halogenated alkanes) is 2. The van der Waals surface area contributed by atoms with E-state index in [-0.39, 0.29) is 22.5 Å². The summed E-state index contributed by atoms with van der Waals surface area (Å²) < 4.78 is 99.1. The molecule has 6 nitrogen and oxygen atoms in total. The third-order valence-electron chi connectivity index (χ3n) is 6.28. The van der Waals surface area contributed by atoms with Crippen molar-refractivity contribution >= 4 is 16.9 Å². The highest BCUT2D eigenvalue weighted by molar-refractivity contribution is 5.84. The summed E-state index contributed by atoms with van der Waals surface area (Å²) in [5.41, 5.74) is -2.27. The largest absolute Gasteiger partial charge is 0.573 e. The van der Waals surface area contributed by atoms with Crippen LogP contribution in [0.2, 0.25) is 0 Å². The Morgan fingerprint density at radius 2 is 1.71 bits per heavy atom. The number of halogens is 6. The molecule has 42 heavy (non-hydrogen) atoms. The first kappa shape index (κ1) is 32.6. The summed E-state index contributed by atoms with van der Waals surface area (Å²) in [6.07, 6.45) is -6.90. The van der Waals surface area contributed by atoms with Gasteiger partial charge in [0.1, 0.15) is 23.7 Å². The van der Waals surface area contributed by atoms with Gasteiger partial charge in [0.15, 0.2) is 0 Å². The minimum Gasteiger partial charge on any atom is -0.493 e. The fraction of sp³-hybridized carbons (Fsp3) is 0.400. The molecule has 0 saturated carbocycles. The van der Waals surface area contributed by atoms with Gasteiger partial charge >= 0.3 is 24.1 Å². The Morgan fingerprint density at radius 3 is 2.36 bits per heavy atom. The number of ether oxygens (including phenoxy) is 3. The van der Waals surface area contributed by atoms with E-state index in [2.05, 4.69) is 11.3 Å². The average molecular weight is 601 g/mol. The van der Waals surface area contributed by atoms with Crippen LogP contribution in [0.1, 0.15) is 45.1 Å². The second kappa shape index (κ2) is 13.3. The second-order valence-electron chi connectivity index (χ2n) is 10.2. The lowest BCUT2D eigenvalue weighted by Crippen LogP contribution is -2.36. The quantitative estimate of drug-likeness (QED) is 0.0648. The maximum absolute atomic E-state index is 13.2. The molecule has 0 fully saturated rings. The molecule has 0 amide bonds. The maximum Gasteiger partial charge on any atom is 0.573 e. The van der Waals surface area contributed by atoms with E-state index in [9.17, 15) is 35.9 Å². The van der Waals surface area contributed by atoms with Crippen LogP contribution in [0.5, 0.6) is 11.5 Å². The third-order valence-corrected chi connectivity index (χ3v) is 6.28. The first-order valence-electron chi connectivity index (χ1n) is 13.1. The summed E-state index contributed by atoms with van der Waals surface area (Å²) in [6, 6.07) is 9.71. The summed E-state index contributed by atoms with van der Waals surface area (Å²) >= 11 is 0. The summed E-state index contributed by atoms with van der Waals surface area (Å²) in [5, 5.41) is 0.319. The molecule has 0 radical (unpaired) electrons. The molecular weight excluding hydrogens is 570 g/mol. The van der Waals surface area contributed by atoms with E-state index in [1.165, 1.54) is 43.3 Å². The fourth-order valence-electron chi connectivity index (χ4n) is 4.29. The van der Waals surface area contributed by atoms with E-state index in [1.807, 2.05) is 6.92 Å². The molecule has 1 aromatic heterocycles. The van der Waals surface area contributed by atoms with Gasteiger partial charge in [-0.3, -0.25) is 0 Å². The highest BCUT2D eigenvalue weighted by Gasteiger charge is 2.41. The molecule has 0 N–H and O–H groups in total. The number of alkyl halides is 6. The molecule has 0 bridgehead atoms. The van der Waals surface area contributed by atoms with E-state index in [0.29, 0.717) is 17.4 Å². The van der Waals surface area contributed by atoms with Gasteiger partial charge < -0.3 is 18.6 Å². The average Bonchev–Trinajstić information content (AvgIpc) is 2.89. The van der Waals surface area contributed by atoms with Gasteiger partial charge in [0.2, 0.25) is 0 Å². The molecule has 2 aromatic carbocycles. The lowest BCUT2D eigenvalue weighted by molar-refractivity contribution is -0.274. The number of benzene rings is 2. The number of aryl methyl sites for hydroxylation is 1. The molecule has 1 atom stereocenters. The number of hydrogen-bond acceptors (Lipinski definition) is 6. The van der Waals surface area contributed by atoms with E-state index in [1.54, 1.807) is 6.07 Å². The zero-order valence-corrected chi connectivity index (χ0v) is 23.0. The van der Waals surface area contributed by atoms with Gasteiger partial charge in [-0.05, 0) is 42.7 Å². The molecule has 3 aromatic rings. The number of carbonyl (C=O) groups is 1. The van der Waals surface area contributed by atoms with Crippen LogP contribution in [-0.4, -0.2) is 31.7 Å². The van der Waals surface area contributed by atoms with Crippen LogP contribution in [0, 0.1) is 5.41 Å². The van der Waals surface area contributed by atoms with Crippen LogP contribution in [0.4, 0.5) is 26.3 Å². The van der Waals surface area contributed by atoms with Crippen LogP contribution >= 0.6 is 0 Å². The lowest BCUT2D eigenvalue weighted by Gasteiger charge is -2.29. The van der Waals surface area contributed by atoms with E-state index in [4.69, 9.17) is 13.9 Å². The van der Waals surface area contributed by atoms with Gasteiger partial charge in [-0.1, -0.05) is 45.4 Å². The minimum atomic E-state index is -5.00. The Balaban J connectivity index is 1.90. The molecule has 0 saturated heterocycles. The molecule has 0 aliphatic heterocycles. The van der Waals surface area contributed by atoms with Crippen molar-refractivity contribution in [1.29, 1.82) is 0 Å². The summed E-state index contributed by atoms with van der Waals surface area (Å²) in [7, 11) is 0. The number of hydrogen-bond donors (Lipinski definition) is 0. The highest BCUT2D eigenvalue weighted by atomic mass is 19.4. The smallest absolute Gasteiger partial charge is 0.493 e. The monoisotopic (exact) mass is 600 g/mol. The first-order valence-corrected chi connectivity index (χ1v) is 13.1. The molecule has 0 spiro atoms. The van der Waals surface area contributed by atoms with Crippen molar-refractivity contribution in [2.24, 2.45) is 5.41 Å². The topological polar surface area (TPSA) is 75.0 Å². The van der Waals surface area contributed by atoms with E-state index >= 15 is 0 Å². The van der Waals surface area contributed by atoms with Crippen LogP contribution < -0.4 is 15.1 Å². The molecule has 12 heteroatoms. The van der Waals surface area contributed by atoms with Crippen LogP contribution in [0.25, 0.3) is 22.1 Å². The summed E-state index contributed by atoms with van der Waals surface area (Å²) in [6.45, 7) is 5.35. The van der Waals surface area contributed by atoms with Crippen molar-refractivity contribution in [2.45, 2.75) is 58.5 Å². The number of fused-ring (bicyclic) bond motifs is 1. The standard InChI is InChI=1S/C30H30F6O6/c1-4-6-7-8-19-9-12-22(25(13-19)42-30(34,35)36)23-14-20-10-11-21(15-24(20)41-27(23)38)39-17-28(3,16-29(31,32)33)18-40-26(37)5-2/h5,9-15H,2,4,6-8,16-18H2,1,3H3. The Hall–Kier alpha value is -3.96. The van der Waals surface area contributed by atoms with Gasteiger partial charge in [0.25, 0.3) is 0 Å². The summed E-state index contributed by atoms with van der Waals surface area (Å²) in [5.74, 6) is -1.37. The van der Waals surface area contributed by atoms with Gasteiger partial charge in [-0.2, -0.15) is 13.2 Å². The Kier molecular flexibility index (Phi) is 10.3. The molecule has 1 heterocycles. The number of carbonyl (C=O) groups excluding carboxylic acids is 1. The van der Waals surface area contributed by atoms with Crippen LogP contribution in [-0.2, 0) is 16.0 Å². The van der Waals surface area contributed by atoms with Crippen molar-refractivity contribution in [3.05, 3.63) is 71.1 Å². The predicted molar refractivity (Wildman–Crippen MR) is 143 cm³/mol. The molecular formula is C30H30F6O6. The van der Waals surface area contributed by atoms with Crippen molar-refractivity contribution in [1.82, 2.24) is 0 Å².